The van der Waals surface area contributed by atoms with Crippen molar-refractivity contribution in [3.05, 3.63) is 11.0 Å². The van der Waals surface area contributed by atoms with Crippen LogP contribution in [0.1, 0.15) is 6.92 Å². The molecule has 3 amide bonds. The lowest BCUT2D eigenvalue weighted by Crippen LogP contribution is -2.57. The summed E-state index contributed by atoms with van der Waals surface area (Å²) in [6.45, 7) is 1.93. The van der Waals surface area contributed by atoms with Crippen LogP contribution < -0.4 is 10.6 Å². The number of nitrogens with one attached hydrogen (secondary N) is 2. The fourth-order valence-corrected chi connectivity index (χ4v) is 2.44. The first-order chi connectivity index (χ1) is 5.66. The van der Waals surface area contributed by atoms with Crippen LogP contribution in [0.5, 0.6) is 0 Å². The Morgan fingerprint density at radius 2 is 2.25 bits per heavy atom. The molecule has 4 nitrogen and oxygen atoms in total. The summed E-state index contributed by atoms with van der Waals surface area (Å²) in [5.74, 6) is -0.193. The van der Waals surface area contributed by atoms with Crippen molar-refractivity contribution in [3.8, 4) is 0 Å². The highest BCUT2D eigenvalue weighted by molar-refractivity contribution is 8.04. The van der Waals surface area contributed by atoms with Crippen molar-refractivity contribution in [1.29, 1.82) is 0 Å². The Labute approximate surface area is 73.8 Å². The van der Waals surface area contributed by atoms with Gasteiger partial charge in [0.25, 0.3) is 0 Å². The predicted molar refractivity (Wildman–Crippen MR) is 45.6 cm³/mol. The maximum atomic E-state index is 11.2. The molecule has 0 aromatic carbocycles. The van der Waals surface area contributed by atoms with Crippen LogP contribution in [0.4, 0.5) is 4.79 Å². The quantitative estimate of drug-likeness (QED) is 0.566. The van der Waals surface area contributed by atoms with Crippen molar-refractivity contribution < 1.29 is 9.59 Å². The molecule has 5 heteroatoms. The Bertz CT molecular complexity index is 287. The van der Waals surface area contributed by atoms with Gasteiger partial charge in [-0.1, -0.05) is 6.08 Å². The van der Waals surface area contributed by atoms with E-state index in [2.05, 4.69) is 10.6 Å². The highest BCUT2D eigenvalue weighted by atomic mass is 32.2. The van der Waals surface area contributed by atoms with Gasteiger partial charge < -0.3 is 5.32 Å². The molecule has 2 aliphatic heterocycles. The average molecular weight is 184 g/mol. The second-order valence-corrected chi connectivity index (χ2v) is 4.19. The normalized spacial score (nSPS) is 33.6. The topological polar surface area (TPSA) is 58.2 Å². The largest absolute Gasteiger partial charge is 0.330 e. The van der Waals surface area contributed by atoms with Gasteiger partial charge in [0.15, 0.2) is 0 Å². The highest BCUT2D eigenvalue weighted by Gasteiger charge is 2.38. The smallest absolute Gasteiger partial charge is 0.321 e. The molecule has 2 N–H and O–H groups in total. The van der Waals surface area contributed by atoms with Crippen molar-refractivity contribution in [2.75, 3.05) is 0 Å². The summed E-state index contributed by atoms with van der Waals surface area (Å²) in [5, 5.41) is 4.73. The van der Waals surface area contributed by atoms with Gasteiger partial charge in [-0.3, -0.25) is 10.1 Å². The van der Waals surface area contributed by atoms with Crippen LogP contribution in [0, 0.1) is 0 Å². The van der Waals surface area contributed by atoms with Crippen LogP contribution in [0.3, 0.4) is 0 Å². The maximum Gasteiger partial charge on any atom is 0.321 e. The van der Waals surface area contributed by atoms with E-state index in [-0.39, 0.29) is 17.2 Å². The number of thioether (sulfide) groups is 1. The van der Waals surface area contributed by atoms with Crippen LogP contribution in [0.15, 0.2) is 11.0 Å². The molecule has 0 aliphatic carbocycles. The molecule has 0 radical (unpaired) electrons. The summed E-state index contributed by atoms with van der Waals surface area (Å²) < 4.78 is 0. The Kier molecular flexibility index (Phi) is 1.61. The lowest BCUT2D eigenvalue weighted by molar-refractivity contribution is -0.120. The number of urea groups is 1. The zero-order chi connectivity index (χ0) is 8.72. The Morgan fingerprint density at radius 3 is 3.00 bits per heavy atom. The van der Waals surface area contributed by atoms with Gasteiger partial charge >= 0.3 is 6.03 Å². The van der Waals surface area contributed by atoms with E-state index in [4.69, 9.17) is 0 Å². The number of rotatable bonds is 0. The van der Waals surface area contributed by atoms with Gasteiger partial charge in [0, 0.05) is 0 Å². The molecular weight excluding hydrogens is 176 g/mol. The fourth-order valence-electron chi connectivity index (χ4n) is 1.36. The monoisotopic (exact) mass is 184 g/mol. The van der Waals surface area contributed by atoms with Crippen LogP contribution in [-0.2, 0) is 4.79 Å². The molecule has 1 fully saturated rings. The molecule has 0 aromatic rings. The van der Waals surface area contributed by atoms with Gasteiger partial charge in [0.2, 0.25) is 5.91 Å². The molecule has 64 valence electrons. The second kappa shape index (κ2) is 2.52. The molecule has 2 heterocycles. The van der Waals surface area contributed by atoms with Crippen molar-refractivity contribution in [3.63, 3.8) is 0 Å². The van der Waals surface area contributed by atoms with Crippen molar-refractivity contribution in [2.24, 2.45) is 0 Å². The number of amides is 3. The zero-order valence-electron chi connectivity index (χ0n) is 6.46. The van der Waals surface area contributed by atoms with Gasteiger partial charge in [0.1, 0.15) is 5.25 Å². The molecule has 0 saturated carbocycles. The zero-order valence-corrected chi connectivity index (χ0v) is 7.27. The number of carbonyl (C=O) groups excluding carboxylic acids is 2. The maximum absolute atomic E-state index is 11.2. The van der Waals surface area contributed by atoms with Crippen LogP contribution in [0.25, 0.3) is 0 Å². The molecule has 2 rings (SSSR count). The number of fused-ring (bicyclic) bond motifs is 1. The summed E-state index contributed by atoms with van der Waals surface area (Å²) in [4.78, 5) is 23.1. The van der Waals surface area contributed by atoms with Gasteiger partial charge in [-0.05, 0) is 11.8 Å². The first-order valence-corrected chi connectivity index (χ1v) is 4.51. The molecule has 2 atom stereocenters. The van der Waals surface area contributed by atoms with Crippen molar-refractivity contribution in [2.45, 2.75) is 18.2 Å². The minimum Gasteiger partial charge on any atom is -0.330 e. The van der Waals surface area contributed by atoms with Gasteiger partial charge in [-0.15, -0.1) is 11.8 Å². The Hall–Kier alpha value is -0.970. The summed E-state index contributed by atoms with van der Waals surface area (Å²) in [6, 6.07) is -0.510. The summed E-state index contributed by atoms with van der Waals surface area (Å²) in [5.41, 5.74) is 0. The van der Waals surface area contributed by atoms with Crippen LogP contribution >= 0.6 is 11.8 Å². The minimum absolute atomic E-state index is 0.115. The second-order valence-electron chi connectivity index (χ2n) is 2.80. The number of hydrogen-bond acceptors (Lipinski definition) is 3. The standard InChI is InChI=1S/C7H8N2O2S/c1-3-2-4-5(12-3)6(10)9-7(11)8-4/h2,4-5H,1H3,(H2,8,9,10,11). The number of imide groups is 1. The summed E-state index contributed by atoms with van der Waals surface area (Å²) in [6.07, 6.45) is 1.91. The Balaban J connectivity index is 2.22. The Morgan fingerprint density at radius 1 is 1.50 bits per heavy atom. The molecular formula is C7H8N2O2S. The van der Waals surface area contributed by atoms with E-state index in [1.54, 1.807) is 0 Å². The van der Waals surface area contributed by atoms with E-state index in [0.29, 0.717) is 0 Å². The van der Waals surface area contributed by atoms with Crippen LogP contribution in [0.2, 0.25) is 0 Å². The highest BCUT2D eigenvalue weighted by Crippen LogP contribution is 2.33. The number of carbonyl (C=O) groups is 2. The summed E-state index contributed by atoms with van der Waals surface area (Å²) in [7, 11) is 0. The number of allylic oxidation sites excluding steroid dienone is 1. The van der Waals surface area contributed by atoms with Gasteiger partial charge in [-0.2, -0.15) is 0 Å². The van der Waals surface area contributed by atoms with E-state index < -0.39 is 6.03 Å². The molecule has 12 heavy (non-hydrogen) atoms. The summed E-state index contributed by atoms with van der Waals surface area (Å²) >= 11 is 1.49. The van der Waals surface area contributed by atoms with E-state index in [1.807, 2.05) is 13.0 Å². The molecule has 0 bridgehead atoms. The van der Waals surface area contributed by atoms with E-state index in [0.717, 1.165) is 4.91 Å². The third-order valence-corrected chi connectivity index (χ3v) is 3.12. The first kappa shape index (κ1) is 7.67. The van der Waals surface area contributed by atoms with Crippen LogP contribution in [-0.4, -0.2) is 23.2 Å². The van der Waals surface area contributed by atoms with Gasteiger partial charge in [0.05, 0.1) is 6.04 Å². The lowest BCUT2D eigenvalue weighted by atomic mass is 10.1. The van der Waals surface area contributed by atoms with Crippen molar-refractivity contribution >= 4 is 23.7 Å². The average Bonchev–Trinajstić information content (AvgIpc) is 2.29. The first-order valence-electron chi connectivity index (χ1n) is 3.63. The molecule has 0 aromatic heterocycles. The van der Waals surface area contributed by atoms with E-state index in [1.165, 1.54) is 11.8 Å². The SMILES string of the molecule is CC1=CC2NC(=O)NC(=O)C2S1. The van der Waals surface area contributed by atoms with Crippen molar-refractivity contribution in [1.82, 2.24) is 10.6 Å². The minimum atomic E-state index is -0.396. The number of hydrogen-bond donors (Lipinski definition) is 2. The molecule has 1 saturated heterocycles. The van der Waals surface area contributed by atoms with E-state index >= 15 is 0 Å². The molecule has 2 aliphatic rings. The molecule has 2 unspecified atom stereocenters. The van der Waals surface area contributed by atoms with Gasteiger partial charge in [-0.25, -0.2) is 4.79 Å². The van der Waals surface area contributed by atoms with E-state index in [9.17, 15) is 9.59 Å². The predicted octanol–water partition coefficient (Wildman–Crippen LogP) is 0.214. The third kappa shape index (κ3) is 1.10. The fraction of sp³-hybridized carbons (Fsp3) is 0.429. The lowest BCUT2D eigenvalue weighted by Gasteiger charge is -2.24. The molecule has 0 spiro atoms. The third-order valence-electron chi connectivity index (χ3n) is 1.85.